The van der Waals surface area contributed by atoms with E-state index in [1.54, 1.807) is 12.1 Å². The van der Waals surface area contributed by atoms with Gasteiger partial charge in [0.2, 0.25) is 0 Å². The lowest BCUT2D eigenvalue weighted by Crippen LogP contribution is -2.00. The molecule has 0 aromatic heterocycles. The zero-order valence-electron chi connectivity index (χ0n) is 11.1. The topological polar surface area (TPSA) is 35.2 Å². The van der Waals surface area contributed by atoms with Crippen molar-refractivity contribution in [1.29, 1.82) is 0 Å². The molecule has 0 fully saturated rings. The first-order valence-corrected chi connectivity index (χ1v) is 7.24. The van der Waals surface area contributed by atoms with Crippen molar-refractivity contribution in [2.45, 2.75) is 6.61 Å². The first-order chi connectivity index (χ1) is 10.1. The minimum absolute atomic E-state index is 0.384. The summed E-state index contributed by atoms with van der Waals surface area (Å²) in [6.45, 7) is 0.384. The molecule has 21 heavy (non-hydrogen) atoms. The van der Waals surface area contributed by atoms with Crippen molar-refractivity contribution < 1.29 is 4.74 Å². The molecule has 0 saturated heterocycles. The van der Waals surface area contributed by atoms with E-state index in [-0.39, 0.29) is 0 Å². The maximum atomic E-state index is 6.20. The van der Waals surface area contributed by atoms with Gasteiger partial charge < -0.3 is 10.5 Å². The molecule has 0 atom stereocenters. The second-order valence-electron chi connectivity index (χ2n) is 4.72. The monoisotopic (exact) mass is 317 g/mol. The van der Waals surface area contributed by atoms with Crippen LogP contribution in [0, 0.1) is 0 Å². The van der Waals surface area contributed by atoms with Gasteiger partial charge >= 0.3 is 0 Å². The number of ether oxygens (including phenoxy) is 1. The molecule has 0 spiro atoms. The van der Waals surface area contributed by atoms with E-state index < -0.39 is 0 Å². The molecule has 106 valence electrons. The van der Waals surface area contributed by atoms with E-state index in [1.807, 2.05) is 42.5 Å². The zero-order valence-corrected chi connectivity index (χ0v) is 12.7. The number of hydrogen-bond donors (Lipinski definition) is 1. The molecule has 3 rings (SSSR count). The van der Waals surface area contributed by atoms with Gasteiger partial charge in [0.15, 0.2) is 0 Å². The second kappa shape index (κ2) is 5.84. The van der Waals surface area contributed by atoms with E-state index in [0.717, 1.165) is 22.1 Å². The summed E-state index contributed by atoms with van der Waals surface area (Å²) < 4.78 is 5.90. The maximum absolute atomic E-state index is 6.20. The van der Waals surface area contributed by atoms with E-state index >= 15 is 0 Å². The van der Waals surface area contributed by atoms with Crippen LogP contribution in [0.15, 0.2) is 54.6 Å². The number of hydrogen-bond acceptors (Lipinski definition) is 2. The summed E-state index contributed by atoms with van der Waals surface area (Å²) in [6.07, 6.45) is 0. The number of anilines is 1. The van der Waals surface area contributed by atoms with Crippen LogP contribution in [-0.2, 0) is 6.61 Å². The summed E-state index contributed by atoms with van der Waals surface area (Å²) in [4.78, 5) is 0. The SMILES string of the molecule is Nc1cc(Cl)ccc1COc1ccc(Cl)c2ccccc12. The Kier molecular flexibility index (Phi) is 3.91. The van der Waals surface area contributed by atoms with Crippen molar-refractivity contribution in [3.8, 4) is 5.75 Å². The fourth-order valence-corrected chi connectivity index (χ4v) is 2.62. The summed E-state index contributed by atoms with van der Waals surface area (Å²) in [5.74, 6) is 0.782. The lowest BCUT2D eigenvalue weighted by Gasteiger charge is -2.12. The maximum Gasteiger partial charge on any atom is 0.127 e. The quantitative estimate of drug-likeness (QED) is 0.664. The van der Waals surface area contributed by atoms with E-state index in [1.165, 1.54) is 0 Å². The van der Waals surface area contributed by atoms with Crippen LogP contribution in [0.5, 0.6) is 5.75 Å². The minimum atomic E-state index is 0.384. The number of rotatable bonds is 3. The van der Waals surface area contributed by atoms with Gasteiger partial charge in [0.1, 0.15) is 12.4 Å². The Balaban J connectivity index is 1.90. The molecule has 0 bridgehead atoms. The molecular weight excluding hydrogens is 305 g/mol. The second-order valence-corrected chi connectivity index (χ2v) is 5.57. The summed E-state index contributed by atoms with van der Waals surface area (Å²) in [6, 6.07) is 17.0. The normalized spacial score (nSPS) is 10.8. The van der Waals surface area contributed by atoms with Gasteiger partial charge in [0, 0.05) is 32.1 Å². The van der Waals surface area contributed by atoms with Crippen LogP contribution in [0.4, 0.5) is 5.69 Å². The summed E-state index contributed by atoms with van der Waals surface area (Å²) >= 11 is 12.1. The van der Waals surface area contributed by atoms with Crippen molar-refractivity contribution in [2.75, 3.05) is 5.73 Å². The Labute approximate surface area is 133 Å². The van der Waals surface area contributed by atoms with Crippen LogP contribution in [-0.4, -0.2) is 0 Å². The lowest BCUT2D eigenvalue weighted by molar-refractivity contribution is 0.311. The van der Waals surface area contributed by atoms with E-state index in [4.69, 9.17) is 33.7 Å². The molecule has 2 nitrogen and oxygen atoms in total. The highest BCUT2D eigenvalue weighted by Gasteiger charge is 2.07. The number of nitrogens with two attached hydrogens (primary N) is 1. The predicted molar refractivity (Wildman–Crippen MR) is 89.2 cm³/mol. The molecule has 0 aliphatic carbocycles. The van der Waals surface area contributed by atoms with E-state index in [0.29, 0.717) is 22.3 Å². The largest absolute Gasteiger partial charge is 0.488 e. The molecule has 0 saturated carbocycles. The molecule has 2 N–H and O–H groups in total. The average Bonchev–Trinajstić information content (AvgIpc) is 2.48. The Bertz CT molecular complexity index is 802. The van der Waals surface area contributed by atoms with Crippen LogP contribution in [0.1, 0.15) is 5.56 Å². The van der Waals surface area contributed by atoms with Gasteiger partial charge in [-0.05, 0) is 24.3 Å². The Morgan fingerprint density at radius 2 is 1.67 bits per heavy atom. The van der Waals surface area contributed by atoms with Gasteiger partial charge in [0.25, 0.3) is 0 Å². The molecule has 0 aliphatic rings. The number of halogens is 2. The van der Waals surface area contributed by atoms with Crippen LogP contribution >= 0.6 is 23.2 Å². The van der Waals surface area contributed by atoms with Crippen molar-refractivity contribution in [3.05, 3.63) is 70.2 Å². The Morgan fingerprint density at radius 1 is 0.905 bits per heavy atom. The smallest absolute Gasteiger partial charge is 0.127 e. The predicted octanol–water partition coefficient (Wildman–Crippen LogP) is 5.31. The van der Waals surface area contributed by atoms with Crippen molar-refractivity contribution in [3.63, 3.8) is 0 Å². The average molecular weight is 318 g/mol. The van der Waals surface area contributed by atoms with Gasteiger partial charge in [-0.25, -0.2) is 0 Å². The van der Waals surface area contributed by atoms with Gasteiger partial charge in [-0.2, -0.15) is 0 Å². The standard InChI is InChI=1S/C17H13Cl2NO/c18-12-6-5-11(16(20)9-12)10-21-17-8-7-15(19)13-3-1-2-4-14(13)17/h1-9H,10,20H2. The third-order valence-corrected chi connectivity index (χ3v) is 3.89. The van der Waals surface area contributed by atoms with Gasteiger partial charge in [-0.3, -0.25) is 0 Å². The highest BCUT2D eigenvalue weighted by molar-refractivity contribution is 6.35. The third-order valence-electron chi connectivity index (χ3n) is 3.32. The molecule has 0 radical (unpaired) electrons. The summed E-state index contributed by atoms with van der Waals surface area (Å²) in [5.41, 5.74) is 7.46. The summed E-state index contributed by atoms with van der Waals surface area (Å²) in [7, 11) is 0. The number of fused-ring (bicyclic) bond motifs is 1. The Morgan fingerprint density at radius 3 is 2.43 bits per heavy atom. The fraction of sp³-hybridized carbons (Fsp3) is 0.0588. The van der Waals surface area contributed by atoms with Gasteiger partial charge in [-0.15, -0.1) is 0 Å². The van der Waals surface area contributed by atoms with Crippen LogP contribution < -0.4 is 10.5 Å². The molecule has 0 unspecified atom stereocenters. The molecule has 3 aromatic rings. The minimum Gasteiger partial charge on any atom is -0.488 e. The molecular formula is C17H13Cl2NO. The molecule has 0 amide bonds. The van der Waals surface area contributed by atoms with E-state index in [2.05, 4.69) is 0 Å². The van der Waals surface area contributed by atoms with Crippen LogP contribution in [0.2, 0.25) is 10.0 Å². The first kappa shape index (κ1) is 14.1. The third kappa shape index (κ3) is 2.92. The number of nitrogen functional groups attached to an aromatic ring is 1. The number of benzene rings is 3. The van der Waals surface area contributed by atoms with Crippen molar-refractivity contribution in [2.24, 2.45) is 0 Å². The van der Waals surface area contributed by atoms with Crippen LogP contribution in [0.25, 0.3) is 10.8 Å². The molecule has 4 heteroatoms. The fourth-order valence-electron chi connectivity index (χ4n) is 2.21. The molecule has 0 aliphatic heterocycles. The van der Waals surface area contributed by atoms with E-state index in [9.17, 15) is 0 Å². The summed E-state index contributed by atoms with van der Waals surface area (Å²) in [5, 5.41) is 3.29. The van der Waals surface area contributed by atoms with Crippen molar-refractivity contribution in [1.82, 2.24) is 0 Å². The highest BCUT2D eigenvalue weighted by Crippen LogP contribution is 2.32. The zero-order chi connectivity index (χ0) is 14.8. The van der Waals surface area contributed by atoms with Crippen LogP contribution in [0.3, 0.4) is 0 Å². The van der Waals surface area contributed by atoms with Crippen molar-refractivity contribution >= 4 is 39.7 Å². The first-order valence-electron chi connectivity index (χ1n) is 6.49. The molecule has 3 aromatic carbocycles. The molecule has 0 heterocycles. The lowest BCUT2D eigenvalue weighted by atomic mass is 10.1. The van der Waals surface area contributed by atoms with Gasteiger partial charge in [-0.1, -0.05) is 53.5 Å². The highest BCUT2D eigenvalue weighted by atomic mass is 35.5. The Hall–Kier alpha value is -1.90. The van der Waals surface area contributed by atoms with Gasteiger partial charge in [0.05, 0.1) is 0 Å².